The van der Waals surface area contributed by atoms with Crippen molar-refractivity contribution in [3.05, 3.63) is 42.0 Å². The van der Waals surface area contributed by atoms with E-state index in [0.29, 0.717) is 13.0 Å². The largest absolute Gasteiger partial charge is 0.481 e. The maximum atomic E-state index is 10.8. The average molecular weight is 274 g/mol. The first kappa shape index (κ1) is 14.0. The van der Waals surface area contributed by atoms with Gasteiger partial charge >= 0.3 is 5.97 Å². The van der Waals surface area contributed by atoms with Crippen LogP contribution in [0.5, 0.6) is 0 Å². The number of anilines is 1. The topological polar surface area (TPSA) is 80.0 Å². The SMILES string of the molecule is CC(Cc1ccc(NCc2ncnn2C)cc1)C(=O)O. The molecule has 6 heteroatoms. The number of carboxylic acids is 1. The Bertz CT molecular complexity index is 577. The molecule has 0 fully saturated rings. The van der Waals surface area contributed by atoms with Crippen LogP contribution in [-0.2, 0) is 24.8 Å². The second-order valence-electron chi connectivity index (χ2n) is 4.79. The van der Waals surface area contributed by atoms with E-state index in [0.717, 1.165) is 17.1 Å². The quantitative estimate of drug-likeness (QED) is 0.838. The molecule has 1 heterocycles. The molecular formula is C14H18N4O2. The van der Waals surface area contributed by atoms with Crippen LogP contribution in [0.2, 0.25) is 0 Å². The van der Waals surface area contributed by atoms with Crippen molar-refractivity contribution in [2.75, 3.05) is 5.32 Å². The van der Waals surface area contributed by atoms with Gasteiger partial charge in [-0.1, -0.05) is 19.1 Å². The molecule has 106 valence electrons. The van der Waals surface area contributed by atoms with Crippen LogP contribution in [0.25, 0.3) is 0 Å². The number of nitrogens with one attached hydrogen (secondary N) is 1. The highest BCUT2D eigenvalue weighted by Gasteiger charge is 2.11. The average Bonchev–Trinajstić information content (AvgIpc) is 2.83. The number of carboxylic acid groups (broad SMARTS) is 1. The molecule has 0 saturated heterocycles. The third-order valence-corrected chi connectivity index (χ3v) is 3.17. The van der Waals surface area contributed by atoms with Crippen molar-refractivity contribution in [3.8, 4) is 0 Å². The minimum atomic E-state index is -0.769. The molecule has 0 aliphatic heterocycles. The van der Waals surface area contributed by atoms with Crippen molar-refractivity contribution in [2.24, 2.45) is 13.0 Å². The first-order valence-corrected chi connectivity index (χ1v) is 6.44. The van der Waals surface area contributed by atoms with Gasteiger partial charge in [0.25, 0.3) is 0 Å². The van der Waals surface area contributed by atoms with Gasteiger partial charge in [-0.15, -0.1) is 0 Å². The van der Waals surface area contributed by atoms with Gasteiger partial charge in [-0.05, 0) is 24.1 Å². The lowest BCUT2D eigenvalue weighted by Crippen LogP contribution is -2.12. The number of benzene rings is 1. The van der Waals surface area contributed by atoms with E-state index in [1.54, 1.807) is 11.6 Å². The Labute approximate surface area is 117 Å². The van der Waals surface area contributed by atoms with Crippen LogP contribution in [0, 0.1) is 5.92 Å². The first-order chi connectivity index (χ1) is 9.56. The second-order valence-corrected chi connectivity index (χ2v) is 4.79. The molecule has 2 N–H and O–H groups in total. The summed E-state index contributed by atoms with van der Waals surface area (Å²) in [6.07, 6.45) is 2.06. The van der Waals surface area contributed by atoms with Crippen molar-refractivity contribution < 1.29 is 9.90 Å². The second kappa shape index (κ2) is 6.18. The Hall–Kier alpha value is -2.37. The Kier molecular flexibility index (Phi) is 4.34. The molecule has 20 heavy (non-hydrogen) atoms. The number of rotatable bonds is 6. The van der Waals surface area contributed by atoms with Gasteiger partial charge < -0.3 is 10.4 Å². The molecule has 1 aromatic carbocycles. The number of aromatic nitrogens is 3. The molecule has 0 aliphatic rings. The maximum absolute atomic E-state index is 10.8. The van der Waals surface area contributed by atoms with Crippen LogP contribution >= 0.6 is 0 Å². The Morgan fingerprint density at radius 3 is 2.65 bits per heavy atom. The molecule has 0 amide bonds. The number of hydrogen-bond acceptors (Lipinski definition) is 4. The molecule has 2 rings (SSSR count). The normalized spacial score (nSPS) is 12.1. The molecular weight excluding hydrogens is 256 g/mol. The van der Waals surface area contributed by atoms with Gasteiger partial charge in [0.15, 0.2) is 0 Å². The van der Waals surface area contributed by atoms with Crippen molar-refractivity contribution in [2.45, 2.75) is 19.9 Å². The van der Waals surface area contributed by atoms with Crippen LogP contribution < -0.4 is 5.32 Å². The summed E-state index contributed by atoms with van der Waals surface area (Å²) < 4.78 is 1.72. The number of carbonyl (C=O) groups is 1. The highest BCUT2D eigenvalue weighted by Crippen LogP contribution is 2.14. The van der Waals surface area contributed by atoms with Crippen LogP contribution in [-0.4, -0.2) is 25.8 Å². The van der Waals surface area contributed by atoms with Crippen LogP contribution in [0.1, 0.15) is 18.3 Å². The molecule has 6 nitrogen and oxygen atoms in total. The fourth-order valence-corrected chi connectivity index (χ4v) is 1.86. The summed E-state index contributed by atoms with van der Waals surface area (Å²) in [5.74, 6) is -0.282. The predicted molar refractivity (Wildman–Crippen MR) is 75.3 cm³/mol. The van der Waals surface area contributed by atoms with Gasteiger partial charge in [-0.3, -0.25) is 9.48 Å². The molecule has 0 bridgehead atoms. The summed E-state index contributed by atoms with van der Waals surface area (Å²) >= 11 is 0. The molecule has 0 spiro atoms. The number of hydrogen-bond donors (Lipinski definition) is 2. The van der Waals surface area contributed by atoms with Gasteiger partial charge in [0.2, 0.25) is 0 Å². The van der Waals surface area contributed by atoms with Gasteiger partial charge in [0.05, 0.1) is 12.5 Å². The van der Waals surface area contributed by atoms with Crippen LogP contribution in [0.4, 0.5) is 5.69 Å². The zero-order valence-electron chi connectivity index (χ0n) is 11.6. The van der Waals surface area contributed by atoms with Gasteiger partial charge in [-0.2, -0.15) is 5.10 Å². The van der Waals surface area contributed by atoms with Crippen molar-refractivity contribution in [1.82, 2.24) is 14.8 Å². The first-order valence-electron chi connectivity index (χ1n) is 6.44. The van der Waals surface area contributed by atoms with Gasteiger partial charge in [0, 0.05) is 12.7 Å². The number of aryl methyl sites for hydroxylation is 1. The zero-order valence-corrected chi connectivity index (χ0v) is 11.6. The molecule has 0 saturated carbocycles. The van der Waals surface area contributed by atoms with E-state index in [9.17, 15) is 4.79 Å². The van der Waals surface area contributed by atoms with E-state index in [1.807, 2.05) is 31.3 Å². The molecule has 2 aromatic rings. The lowest BCUT2D eigenvalue weighted by atomic mass is 10.0. The monoisotopic (exact) mass is 274 g/mol. The van der Waals surface area contributed by atoms with Gasteiger partial charge in [0.1, 0.15) is 12.2 Å². The highest BCUT2D eigenvalue weighted by atomic mass is 16.4. The molecule has 0 aliphatic carbocycles. The van der Waals surface area contributed by atoms with Crippen molar-refractivity contribution >= 4 is 11.7 Å². The van der Waals surface area contributed by atoms with Gasteiger partial charge in [-0.25, -0.2) is 4.98 Å². The van der Waals surface area contributed by atoms with Crippen molar-refractivity contribution in [3.63, 3.8) is 0 Å². The van der Waals surface area contributed by atoms with E-state index in [2.05, 4.69) is 15.4 Å². The molecule has 0 radical (unpaired) electrons. The number of aliphatic carboxylic acids is 1. The summed E-state index contributed by atoms with van der Waals surface area (Å²) in [6, 6.07) is 7.78. The van der Waals surface area contributed by atoms with E-state index in [-0.39, 0.29) is 5.92 Å². The van der Waals surface area contributed by atoms with Crippen LogP contribution in [0.3, 0.4) is 0 Å². The third-order valence-electron chi connectivity index (χ3n) is 3.17. The summed E-state index contributed by atoms with van der Waals surface area (Å²) in [5, 5.41) is 16.1. The zero-order chi connectivity index (χ0) is 14.5. The Morgan fingerprint density at radius 1 is 1.40 bits per heavy atom. The molecule has 1 atom stereocenters. The summed E-state index contributed by atoms with van der Waals surface area (Å²) in [4.78, 5) is 14.9. The Morgan fingerprint density at radius 2 is 2.10 bits per heavy atom. The number of nitrogens with zero attached hydrogens (tertiary/aromatic N) is 3. The minimum Gasteiger partial charge on any atom is -0.481 e. The lowest BCUT2D eigenvalue weighted by molar-refractivity contribution is -0.141. The predicted octanol–water partition coefficient (Wildman–Crippen LogP) is 1.69. The fourth-order valence-electron chi connectivity index (χ4n) is 1.86. The Balaban J connectivity index is 1.91. The summed E-state index contributed by atoms with van der Waals surface area (Å²) in [6.45, 7) is 2.31. The molecule has 1 unspecified atom stereocenters. The lowest BCUT2D eigenvalue weighted by Gasteiger charge is -2.09. The van der Waals surface area contributed by atoms with E-state index >= 15 is 0 Å². The smallest absolute Gasteiger partial charge is 0.306 e. The minimum absolute atomic E-state index is 0.368. The maximum Gasteiger partial charge on any atom is 0.306 e. The molecule has 1 aromatic heterocycles. The van der Waals surface area contributed by atoms with Crippen LogP contribution in [0.15, 0.2) is 30.6 Å². The van der Waals surface area contributed by atoms with E-state index in [1.165, 1.54) is 6.33 Å². The fraction of sp³-hybridized carbons (Fsp3) is 0.357. The van der Waals surface area contributed by atoms with E-state index < -0.39 is 5.97 Å². The van der Waals surface area contributed by atoms with Crippen molar-refractivity contribution in [1.29, 1.82) is 0 Å². The van der Waals surface area contributed by atoms with E-state index in [4.69, 9.17) is 5.11 Å². The highest BCUT2D eigenvalue weighted by molar-refractivity contribution is 5.69. The standard InChI is InChI=1S/C14H18N4O2/c1-10(14(19)20)7-11-3-5-12(6-4-11)15-8-13-16-9-17-18(13)2/h3-6,9-10,15H,7-8H2,1-2H3,(H,19,20). The third kappa shape index (κ3) is 3.57. The summed E-state index contributed by atoms with van der Waals surface area (Å²) in [7, 11) is 1.85. The summed E-state index contributed by atoms with van der Waals surface area (Å²) in [5.41, 5.74) is 1.99.